The van der Waals surface area contributed by atoms with Gasteiger partial charge in [0.1, 0.15) is 0 Å². The van der Waals surface area contributed by atoms with E-state index in [0.717, 1.165) is 0 Å². The van der Waals surface area contributed by atoms with Gasteiger partial charge in [0.15, 0.2) is 5.82 Å². The minimum Gasteiger partial charge on any atom is -0.351 e. The number of nitrogens with zero attached hydrogens (tertiary/aromatic N) is 2. The van der Waals surface area contributed by atoms with Crippen molar-refractivity contribution >= 4 is 5.95 Å². The number of rotatable bonds is 2. The Bertz CT molecular complexity index is 280. The van der Waals surface area contributed by atoms with Gasteiger partial charge < -0.3 is 5.32 Å². The zero-order valence-corrected chi connectivity index (χ0v) is 8.04. The van der Waals surface area contributed by atoms with E-state index >= 15 is 0 Å². The molecular formula is C10H14FN3. The molecule has 1 fully saturated rings. The third-order valence-corrected chi connectivity index (χ3v) is 2.56. The SMILES string of the molecule is Fc1cnc(NC2CCCCC2)nc1. The van der Waals surface area contributed by atoms with Crippen LogP contribution in [-0.4, -0.2) is 16.0 Å². The molecule has 0 bridgehead atoms. The van der Waals surface area contributed by atoms with E-state index in [-0.39, 0.29) is 5.82 Å². The van der Waals surface area contributed by atoms with Gasteiger partial charge in [-0.05, 0) is 12.8 Å². The van der Waals surface area contributed by atoms with Crippen LogP contribution in [0, 0.1) is 5.82 Å². The maximum absolute atomic E-state index is 12.5. The lowest BCUT2D eigenvalue weighted by Gasteiger charge is -2.22. The number of nitrogens with one attached hydrogen (secondary N) is 1. The second kappa shape index (κ2) is 4.35. The van der Waals surface area contributed by atoms with Crippen LogP contribution in [-0.2, 0) is 0 Å². The zero-order valence-electron chi connectivity index (χ0n) is 8.04. The Morgan fingerprint density at radius 1 is 1.14 bits per heavy atom. The van der Waals surface area contributed by atoms with Crippen molar-refractivity contribution in [3.63, 3.8) is 0 Å². The maximum Gasteiger partial charge on any atom is 0.222 e. The molecule has 2 rings (SSSR count). The third-order valence-electron chi connectivity index (χ3n) is 2.56. The predicted molar refractivity (Wildman–Crippen MR) is 52.5 cm³/mol. The monoisotopic (exact) mass is 195 g/mol. The highest BCUT2D eigenvalue weighted by Crippen LogP contribution is 2.19. The number of hydrogen-bond donors (Lipinski definition) is 1. The van der Waals surface area contributed by atoms with Gasteiger partial charge >= 0.3 is 0 Å². The summed E-state index contributed by atoms with van der Waals surface area (Å²) in [6.07, 6.45) is 8.57. The predicted octanol–water partition coefficient (Wildman–Crippen LogP) is 2.36. The highest BCUT2D eigenvalue weighted by atomic mass is 19.1. The van der Waals surface area contributed by atoms with E-state index in [1.165, 1.54) is 44.5 Å². The van der Waals surface area contributed by atoms with Gasteiger partial charge in [0.25, 0.3) is 0 Å². The highest BCUT2D eigenvalue weighted by Gasteiger charge is 2.13. The molecule has 3 nitrogen and oxygen atoms in total. The summed E-state index contributed by atoms with van der Waals surface area (Å²) in [5.74, 6) is 0.150. The summed E-state index contributed by atoms with van der Waals surface area (Å²) >= 11 is 0. The lowest BCUT2D eigenvalue weighted by molar-refractivity contribution is 0.460. The molecule has 1 heterocycles. The lowest BCUT2D eigenvalue weighted by atomic mass is 9.96. The largest absolute Gasteiger partial charge is 0.351 e. The molecule has 1 aliphatic carbocycles. The summed E-state index contributed by atoms with van der Waals surface area (Å²) in [5.41, 5.74) is 0. The van der Waals surface area contributed by atoms with Crippen molar-refractivity contribution in [3.05, 3.63) is 18.2 Å². The fourth-order valence-electron chi connectivity index (χ4n) is 1.82. The first-order chi connectivity index (χ1) is 6.84. The first-order valence-corrected chi connectivity index (χ1v) is 5.09. The van der Waals surface area contributed by atoms with Crippen molar-refractivity contribution in [1.29, 1.82) is 0 Å². The summed E-state index contributed by atoms with van der Waals surface area (Å²) in [7, 11) is 0. The molecular weight excluding hydrogens is 181 g/mol. The van der Waals surface area contributed by atoms with Crippen molar-refractivity contribution < 1.29 is 4.39 Å². The fraction of sp³-hybridized carbons (Fsp3) is 0.600. The van der Waals surface area contributed by atoms with E-state index in [4.69, 9.17) is 0 Å². The molecule has 14 heavy (non-hydrogen) atoms. The van der Waals surface area contributed by atoms with Crippen LogP contribution in [0.25, 0.3) is 0 Å². The average molecular weight is 195 g/mol. The average Bonchev–Trinajstić information content (AvgIpc) is 2.23. The maximum atomic E-state index is 12.5. The second-order valence-corrected chi connectivity index (χ2v) is 3.70. The molecule has 0 radical (unpaired) electrons. The Kier molecular flexibility index (Phi) is 2.91. The Morgan fingerprint density at radius 3 is 2.43 bits per heavy atom. The summed E-state index contributed by atoms with van der Waals surface area (Å²) < 4.78 is 12.5. The second-order valence-electron chi connectivity index (χ2n) is 3.70. The summed E-state index contributed by atoms with van der Waals surface area (Å²) in [4.78, 5) is 7.75. The lowest BCUT2D eigenvalue weighted by Crippen LogP contribution is -2.23. The van der Waals surface area contributed by atoms with Crippen LogP contribution < -0.4 is 5.32 Å². The Hall–Kier alpha value is -1.19. The van der Waals surface area contributed by atoms with Crippen molar-refractivity contribution in [3.8, 4) is 0 Å². The van der Waals surface area contributed by atoms with E-state index in [0.29, 0.717) is 12.0 Å². The van der Waals surface area contributed by atoms with E-state index < -0.39 is 0 Å². The van der Waals surface area contributed by atoms with Crippen molar-refractivity contribution in [2.75, 3.05) is 5.32 Å². The summed E-state index contributed by atoms with van der Waals surface area (Å²) in [6.45, 7) is 0. The number of halogens is 1. The summed E-state index contributed by atoms with van der Waals surface area (Å²) in [5, 5.41) is 3.22. The molecule has 0 aromatic carbocycles. The van der Waals surface area contributed by atoms with Gasteiger partial charge in [-0.1, -0.05) is 19.3 Å². The van der Waals surface area contributed by atoms with Crippen LogP contribution in [0.5, 0.6) is 0 Å². The highest BCUT2D eigenvalue weighted by molar-refractivity contribution is 5.24. The molecule has 4 heteroatoms. The van der Waals surface area contributed by atoms with Crippen molar-refractivity contribution in [2.45, 2.75) is 38.1 Å². The topological polar surface area (TPSA) is 37.8 Å². The van der Waals surface area contributed by atoms with Gasteiger partial charge in [-0.2, -0.15) is 0 Å². The van der Waals surface area contributed by atoms with Crippen LogP contribution >= 0.6 is 0 Å². The van der Waals surface area contributed by atoms with Gasteiger partial charge in [-0.25, -0.2) is 14.4 Å². The van der Waals surface area contributed by atoms with Gasteiger partial charge in [0.2, 0.25) is 5.95 Å². The first kappa shape index (κ1) is 9.37. The molecule has 0 unspecified atom stereocenters. The standard InChI is InChI=1S/C10H14FN3/c11-8-6-12-10(13-7-8)14-9-4-2-1-3-5-9/h6-7,9H,1-5H2,(H,12,13,14). The molecule has 0 atom stereocenters. The van der Waals surface area contributed by atoms with E-state index in [1.807, 2.05) is 0 Å². The normalized spacial score (nSPS) is 18.1. The molecule has 0 spiro atoms. The van der Waals surface area contributed by atoms with E-state index in [2.05, 4.69) is 15.3 Å². The van der Waals surface area contributed by atoms with Gasteiger partial charge in [0.05, 0.1) is 12.4 Å². The smallest absolute Gasteiger partial charge is 0.222 e. The molecule has 1 aliphatic rings. The van der Waals surface area contributed by atoms with Crippen molar-refractivity contribution in [1.82, 2.24) is 9.97 Å². The summed E-state index contributed by atoms with van der Waals surface area (Å²) in [6, 6.07) is 0.467. The Morgan fingerprint density at radius 2 is 1.79 bits per heavy atom. The van der Waals surface area contributed by atoms with Crippen LogP contribution in [0.15, 0.2) is 12.4 Å². The molecule has 76 valence electrons. The van der Waals surface area contributed by atoms with Crippen LogP contribution in [0.1, 0.15) is 32.1 Å². The molecule has 0 amide bonds. The molecule has 1 saturated carbocycles. The van der Waals surface area contributed by atoms with Crippen LogP contribution in [0.3, 0.4) is 0 Å². The minimum atomic E-state index is -0.390. The molecule has 1 N–H and O–H groups in total. The zero-order chi connectivity index (χ0) is 9.80. The number of aromatic nitrogens is 2. The molecule has 1 aromatic heterocycles. The van der Waals surface area contributed by atoms with Gasteiger partial charge in [0, 0.05) is 6.04 Å². The van der Waals surface area contributed by atoms with Crippen LogP contribution in [0.4, 0.5) is 10.3 Å². The number of hydrogen-bond acceptors (Lipinski definition) is 3. The fourth-order valence-corrected chi connectivity index (χ4v) is 1.82. The van der Waals surface area contributed by atoms with Gasteiger partial charge in [-0.3, -0.25) is 0 Å². The molecule has 0 saturated heterocycles. The Labute approximate surface area is 82.8 Å². The van der Waals surface area contributed by atoms with Gasteiger partial charge in [-0.15, -0.1) is 0 Å². The third kappa shape index (κ3) is 2.40. The van der Waals surface area contributed by atoms with E-state index in [9.17, 15) is 4.39 Å². The molecule has 0 aliphatic heterocycles. The van der Waals surface area contributed by atoms with Crippen molar-refractivity contribution in [2.24, 2.45) is 0 Å². The Balaban J connectivity index is 1.92. The first-order valence-electron chi connectivity index (χ1n) is 5.09. The molecule has 1 aromatic rings. The minimum absolute atomic E-state index is 0.390. The number of anilines is 1. The quantitative estimate of drug-likeness (QED) is 0.787. The van der Waals surface area contributed by atoms with E-state index in [1.54, 1.807) is 0 Å². The van der Waals surface area contributed by atoms with Crippen LogP contribution in [0.2, 0.25) is 0 Å².